The van der Waals surface area contributed by atoms with Crippen LogP contribution in [0.5, 0.6) is 0 Å². The lowest BCUT2D eigenvalue weighted by atomic mass is 10.2. The highest BCUT2D eigenvalue weighted by molar-refractivity contribution is 5.94. The average molecular weight is 325 g/mol. The zero-order valence-electron chi connectivity index (χ0n) is 13.2. The Morgan fingerprint density at radius 2 is 2.00 bits per heavy atom. The second-order valence-electron chi connectivity index (χ2n) is 5.72. The van der Waals surface area contributed by atoms with Gasteiger partial charge in [-0.2, -0.15) is 5.10 Å². The van der Waals surface area contributed by atoms with E-state index in [1.54, 1.807) is 30.5 Å². The first kappa shape index (κ1) is 16.1. The molecule has 1 atom stereocenters. The molecule has 0 aliphatic carbocycles. The Morgan fingerprint density at radius 3 is 2.75 bits per heavy atom. The molecule has 2 N–H and O–H groups in total. The van der Waals surface area contributed by atoms with Crippen LogP contribution in [0.25, 0.3) is 0 Å². The fraction of sp³-hybridized carbons (Fsp3) is 0.294. The highest BCUT2D eigenvalue weighted by atomic mass is 16.2. The molecule has 0 radical (unpaired) electrons. The monoisotopic (exact) mass is 325 g/mol. The topological polar surface area (TPSA) is 87.2 Å². The summed E-state index contributed by atoms with van der Waals surface area (Å²) in [6.45, 7) is 1.70. The molecule has 2 heterocycles. The van der Waals surface area contributed by atoms with E-state index in [2.05, 4.69) is 20.8 Å². The van der Waals surface area contributed by atoms with E-state index in [-0.39, 0.29) is 24.4 Å². The quantitative estimate of drug-likeness (QED) is 0.853. The smallest absolute Gasteiger partial charge is 0.251 e. The maximum absolute atomic E-state index is 12.1. The van der Waals surface area contributed by atoms with Crippen LogP contribution in [0.15, 0.2) is 48.7 Å². The van der Waals surface area contributed by atoms with Crippen LogP contribution in [-0.2, 0) is 4.79 Å². The van der Waals surface area contributed by atoms with E-state index in [0.29, 0.717) is 17.9 Å². The van der Waals surface area contributed by atoms with Crippen LogP contribution in [0.2, 0.25) is 0 Å². The Morgan fingerprint density at radius 1 is 1.17 bits per heavy atom. The first-order chi connectivity index (χ1) is 11.7. The summed E-state index contributed by atoms with van der Waals surface area (Å²) in [5.74, 6) is 0.229. The van der Waals surface area contributed by atoms with Crippen molar-refractivity contribution in [2.24, 2.45) is 0 Å². The number of aromatic nitrogens is 2. The normalized spacial score (nSPS) is 17.4. The Labute approximate surface area is 140 Å². The van der Waals surface area contributed by atoms with Crippen molar-refractivity contribution in [2.45, 2.75) is 12.5 Å². The lowest BCUT2D eigenvalue weighted by molar-refractivity contribution is -0.117. The number of nitrogens with one attached hydrogen (secondary N) is 2. The highest BCUT2D eigenvalue weighted by Gasteiger charge is 2.25. The Bertz CT molecular complexity index is 693. The minimum absolute atomic E-state index is 0.0574. The maximum atomic E-state index is 12.1. The number of nitrogens with zero attached hydrogens (tertiary/aromatic N) is 3. The van der Waals surface area contributed by atoms with Gasteiger partial charge >= 0.3 is 0 Å². The third-order valence-electron chi connectivity index (χ3n) is 3.85. The summed E-state index contributed by atoms with van der Waals surface area (Å²) in [4.78, 5) is 26.2. The summed E-state index contributed by atoms with van der Waals surface area (Å²) in [5, 5.41) is 13.3. The Hall–Kier alpha value is -2.80. The second kappa shape index (κ2) is 7.65. The number of likely N-dealkylation sites (tertiary alicyclic amines) is 1. The molecule has 24 heavy (non-hydrogen) atoms. The number of amides is 2. The Kier molecular flexibility index (Phi) is 5.12. The SMILES string of the molecule is O=C(CN1CCC(NC(=O)c2ccccc2)C1)Nc1cccnn1. The Balaban J connectivity index is 1.45. The summed E-state index contributed by atoms with van der Waals surface area (Å²) in [5.41, 5.74) is 0.649. The third kappa shape index (κ3) is 4.36. The largest absolute Gasteiger partial charge is 0.348 e. The zero-order chi connectivity index (χ0) is 16.8. The molecule has 0 spiro atoms. The molecule has 2 aromatic rings. The predicted molar refractivity (Wildman–Crippen MR) is 89.4 cm³/mol. The fourth-order valence-corrected chi connectivity index (χ4v) is 2.71. The van der Waals surface area contributed by atoms with Crippen molar-refractivity contribution in [3.05, 3.63) is 54.2 Å². The van der Waals surface area contributed by atoms with E-state index in [0.717, 1.165) is 13.0 Å². The van der Waals surface area contributed by atoms with E-state index in [1.165, 1.54) is 0 Å². The van der Waals surface area contributed by atoms with Gasteiger partial charge in [0.25, 0.3) is 5.91 Å². The van der Waals surface area contributed by atoms with E-state index in [4.69, 9.17) is 0 Å². The maximum Gasteiger partial charge on any atom is 0.251 e. The van der Waals surface area contributed by atoms with Gasteiger partial charge in [-0.05, 0) is 30.7 Å². The second-order valence-corrected chi connectivity index (χ2v) is 5.72. The van der Waals surface area contributed by atoms with Gasteiger partial charge < -0.3 is 10.6 Å². The van der Waals surface area contributed by atoms with Crippen molar-refractivity contribution in [3.8, 4) is 0 Å². The van der Waals surface area contributed by atoms with Crippen LogP contribution < -0.4 is 10.6 Å². The van der Waals surface area contributed by atoms with E-state index in [1.807, 2.05) is 23.1 Å². The molecular formula is C17H19N5O2. The molecule has 7 nitrogen and oxygen atoms in total. The average Bonchev–Trinajstić information content (AvgIpc) is 3.03. The number of hydrogen-bond donors (Lipinski definition) is 2. The highest BCUT2D eigenvalue weighted by Crippen LogP contribution is 2.10. The summed E-state index contributed by atoms with van der Waals surface area (Å²) in [6.07, 6.45) is 2.38. The molecule has 7 heteroatoms. The van der Waals surface area contributed by atoms with Gasteiger partial charge in [-0.3, -0.25) is 14.5 Å². The van der Waals surface area contributed by atoms with Crippen LogP contribution in [0.3, 0.4) is 0 Å². The van der Waals surface area contributed by atoms with Crippen molar-refractivity contribution < 1.29 is 9.59 Å². The minimum Gasteiger partial charge on any atom is -0.348 e. The number of anilines is 1. The lowest BCUT2D eigenvalue weighted by Gasteiger charge is -2.16. The van der Waals surface area contributed by atoms with Gasteiger partial charge in [0.15, 0.2) is 5.82 Å². The van der Waals surface area contributed by atoms with Crippen LogP contribution in [-0.4, -0.2) is 52.6 Å². The molecule has 0 saturated carbocycles. The van der Waals surface area contributed by atoms with Crippen LogP contribution in [0, 0.1) is 0 Å². The fourth-order valence-electron chi connectivity index (χ4n) is 2.71. The first-order valence-electron chi connectivity index (χ1n) is 7.86. The molecule has 1 aromatic heterocycles. The molecule has 1 saturated heterocycles. The van der Waals surface area contributed by atoms with Crippen molar-refractivity contribution >= 4 is 17.6 Å². The number of carbonyl (C=O) groups is 2. The van der Waals surface area contributed by atoms with E-state index >= 15 is 0 Å². The van der Waals surface area contributed by atoms with Crippen LogP contribution in [0.1, 0.15) is 16.8 Å². The first-order valence-corrected chi connectivity index (χ1v) is 7.86. The lowest BCUT2D eigenvalue weighted by Crippen LogP contribution is -2.38. The van der Waals surface area contributed by atoms with Gasteiger partial charge in [0, 0.05) is 30.9 Å². The molecule has 1 aliphatic heterocycles. The molecule has 1 unspecified atom stereocenters. The predicted octanol–water partition coefficient (Wildman–Crippen LogP) is 0.919. The van der Waals surface area contributed by atoms with Gasteiger partial charge in [0.1, 0.15) is 0 Å². The zero-order valence-corrected chi connectivity index (χ0v) is 13.2. The van der Waals surface area contributed by atoms with Crippen molar-refractivity contribution in [1.29, 1.82) is 0 Å². The molecule has 1 aromatic carbocycles. The number of hydrogen-bond acceptors (Lipinski definition) is 5. The van der Waals surface area contributed by atoms with Crippen molar-refractivity contribution in [3.63, 3.8) is 0 Å². The van der Waals surface area contributed by atoms with Crippen LogP contribution >= 0.6 is 0 Å². The van der Waals surface area contributed by atoms with Crippen molar-refractivity contribution in [2.75, 3.05) is 25.0 Å². The summed E-state index contributed by atoms with van der Waals surface area (Å²) >= 11 is 0. The molecule has 1 aliphatic rings. The van der Waals surface area contributed by atoms with Gasteiger partial charge in [-0.25, -0.2) is 0 Å². The van der Waals surface area contributed by atoms with Gasteiger partial charge in [0.05, 0.1) is 6.54 Å². The summed E-state index contributed by atoms with van der Waals surface area (Å²) in [7, 11) is 0. The molecule has 2 amide bonds. The molecular weight excluding hydrogens is 306 g/mol. The van der Waals surface area contributed by atoms with Gasteiger partial charge in [0.2, 0.25) is 5.91 Å². The number of carbonyl (C=O) groups excluding carboxylic acids is 2. The molecule has 1 fully saturated rings. The van der Waals surface area contributed by atoms with E-state index < -0.39 is 0 Å². The van der Waals surface area contributed by atoms with E-state index in [9.17, 15) is 9.59 Å². The number of rotatable bonds is 5. The number of benzene rings is 1. The van der Waals surface area contributed by atoms with Gasteiger partial charge in [-0.15, -0.1) is 5.10 Å². The molecule has 124 valence electrons. The molecule has 0 bridgehead atoms. The van der Waals surface area contributed by atoms with Gasteiger partial charge in [-0.1, -0.05) is 18.2 Å². The van der Waals surface area contributed by atoms with Crippen LogP contribution in [0.4, 0.5) is 5.82 Å². The van der Waals surface area contributed by atoms with Crippen molar-refractivity contribution in [1.82, 2.24) is 20.4 Å². The minimum atomic E-state index is -0.134. The summed E-state index contributed by atoms with van der Waals surface area (Å²) < 4.78 is 0. The summed E-state index contributed by atoms with van der Waals surface area (Å²) in [6, 6.07) is 12.6. The standard InChI is InChI=1S/C17H19N5O2/c23-16(20-15-7-4-9-18-21-15)12-22-10-8-14(11-22)19-17(24)13-5-2-1-3-6-13/h1-7,9,14H,8,10-12H2,(H,19,24)(H,20,21,23). The molecule has 3 rings (SSSR count). The third-order valence-corrected chi connectivity index (χ3v) is 3.85.